The van der Waals surface area contributed by atoms with Crippen LogP contribution in [-0.4, -0.2) is 42.6 Å². The number of carbonyl (C=O) groups excluding carboxylic acids is 4. The smallest absolute Gasteiger partial charge is 0.359 e. The van der Waals surface area contributed by atoms with Gasteiger partial charge < -0.3 is 24.8 Å². The van der Waals surface area contributed by atoms with Gasteiger partial charge in [0.1, 0.15) is 5.75 Å². The number of rotatable bonds is 15. The van der Waals surface area contributed by atoms with E-state index in [0.717, 1.165) is 32.4 Å². The first-order valence-corrected chi connectivity index (χ1v) is 16.0. The Morgan fingerprint density at radius 1 is 0.766 bits per heavy atom. The van der Waals surface area contributed by atoms with E-state index in [4.69, 9.17) is 14.2 Å². The van der Waals surface area contributed by atoms with Gasteiger partial charge in [-0.25, -0.2) is 0 Å². The zero-order valence-corrected chi connectivity index (χ0v) is 29.0. The van der Waals surface area contributed by atoms with Gasteiger partial charge in [-0.15, -0.1) is 0 Å². The molecule has 0 fully saturated rings. The number of amides is 2. The molecule has 2 amide bonds. The highest BCUT2D eigenvalue weighted by Crippen LogP contribution is 2.39. The zero-order chi connectivity index (χ0) is 35.0. The lowest BCUT2D eigenvalue weighted by Gasteiger charge is -2.31. The lowest BCUT2D eigenvalue weighted by atomic mass is 9.76. The van der Waals surface area contributed by atoms with Crippen LogP contribution < -0.4 is 15.4 Å². The molecule has 0 aliphatic heterocycles. The Labute approximate surface area is 278 Å². The number of carbonyl (C=O) groups is 4. The molecule has 252 valence electrons. The van der Waals surface area contributed by atoms with Crippen LogP contribution in [0.2, 0.25) is 0 Å². The van der Waals surface area contributed by atoms with E-state index in [1.807, 2.05) is 13.0 Å². The Kier molecular flexibility index (Phi) is 12.1. The fourth-order valence-electron chi connectivity index (χ4n) is 4.97. The fraction of sp³-hybridized carbons (Fsp3) is 0.421. The van der Waals surface area contributed by atoms with E-state index in [2.05, 4.69) is 64.3 Å². The summed E-state index contributed by atoms with van der Waals surface area (Å²) in [6.45, 7) is 16.0. The molecule has 0 saturated heterocycles. The van der Waals surface area contributed by atoms with Crippen LogP contribution in [0.5, 0.6) is 5.75 Å². The van der Waals surface area contributed by atoms with Gasteiger partial charge in [-0.3, -0.25) is 19.2 Å². The Balaban J connectivity index is 1.85. The molecule has 3 rings (SSSR count). The molecular formula is C38H48N2O7. The molecule has 0 saturated carbocycles. The van der Waals surface area contributed by atoms with Crippen molar-refractivity contribution in [2.24, 2.45) is 0 Å². The Morgan fingerprint density at radius 2 is 1.38 bits per heavy atom. The molecule has 3 aromatic carbocycles. The van der Waals surface area contributed by atoms with Gasteiger partial charge in [0.25, 0.3) is 5.91 Å². The molecular weight excluding hydrogens is 596 g/mol. The second-order valence-electron chi connectivity index (χ2n) is 12.8. The van der Waals surface area contributed by atoms with Crippen LogP contribution >= 0.6 is 0 Å². The number of hydrogen-bond donors (Lipinski definition) is 2. The molecule has 2 N–H and O–H groups in total. The minimum atomic E-state index is -2.57. The highest BCUT2D eigenvalue weighted by atomic mass is 16.7. The van der Waals surface area contributed by atoms with Crippen molar-refractivity contribution in [3.8, 4) is 5.75 Å². The average molecular weight is 645 g/mol. The summed E-state index contributed by atoms with van der Waals surface area (Å²) >= 11 is 0. The number of Topliss-reactive ketones (excluding diaryl/α,β-unsaturated/α-hetero) is 1. The van der Waals surface area contributed by atoms with Gasteiger partial charge in [0.2, 0.25) is 5.78 Å². The van der Waals surface area contributed by atoms with Gasteiger partial charge >= 0.3 is 17.7 Å². The van der Waals surface area contributed by atoms with Crippen molar-refractivity contribution < 1.29 is 33.4 Å². The van der Waals surface area contributed by atoms with Crippen molar-refractivity contribution >= 4 is 34.9 Å². The molecule has 3 aromatic rings. The van der Waals surface area contributed by atoms with Crippen LogP contribution in [0.1, 0.15) is 96.1 Å². The molecule has 0 aliphatic carbocycles. The molecule has 2 unspecified atom stereocenters. The number of anilines is 2. The van der Waals surface area contributed by atoms with Crippen molar-refractivity contribution in [1.29, 1.82) is 0 Å². The normalized spacial score (nSPS) is 13.6. The van der Waals surface area contributed by atoms with Gasteiger partial charge in [-0.2, -0.15) is 0 Å². The highest BCUT2D eigenvalue weighted by Gasteiger charge is 2.51. The average Bonchev–Trinajstić information content (AvgIpc) is 3.05. The number of benzene rings is 3. The molecule has 0 bridgehead atoms. The summed E-state index contributed by atoms with van der Waals surface area (Å²) in [5.74, 6) is -5.01. The number of hydrogen-bond acceptors (Lipinski definition) is 7. The number of ketones is 1. The molecule has 2 atom stereocenters. The second-order valence-corrected chi connectivity index (χ2v) is 12.8. The highest BCUT2D eigenvalue weighted by molar-refractivity contribution is 6.19. The van der Waals surface area contributed by atoms with E-state index in [0.29, 0.717) is 17.9 Å². The molecule has 47 heavy (non-hydrogen) atoms. The van der Waals surface area contributed by atoms with E-state index in [9.17, 15) is 19.2 Å². The van der Waals surface area contributed by atoms with Crippen molar-refractivity contribution in [2.45, 2.75) is 97.4 Å². The molecule has 0 radical (unpaired) electrons. The van der Waals surface area contributed by atoms with Crippen LogP contribution in [0, 0.1) is 0 Å². The monoisotopic (exact) mass is 644 g/mol. The number of ether oxygens (including phenoxy) is 3. The summed E-state index contributed by atoms with van der Waals surface area (Å²) in [4.78, 5) is 52.4. The third kappa shape index (κ3) is 8.65. The van der Waals surface area contributed by atoms with Crippen LogP contribution in [0.4, 0.5) is 11.4 Å². The van der Waals surface area contributed by atoms with Gasteiger partial charge in [-0.1, -0.05) is 97.0 Å². The standard InChI is InChI=1S/C38H48N2O7/c1-10-31(46-32-22-21-27(36(5,6)11-2)23-30(32)37(7,8)12-3)34(43)39-28-19-16-20-29(24-28)40-35(44)38(45-9,47-25(4)41)33(42)26-17-14-13-15-18-26/h13-24,31H,10-12H2,1-9H3,(H,39,43)(H,40,44). The Morgan fingerprint density at radius 3 is 1.94 bits per heavy atom. The molecule has 0 aromatic heterocycles. The summed E-state index contributed by atoms with van der Waals surface area (Å²) in [6.07, 6.45) is 1.49. The molecule has 9 heteroatoms. The van der Waals surface area contributed by atoms with E-state index < -0.39 is 29.6 Å². The van der Waals surface area contributed by atoms with E-state index >= 15 is 0 Å². The fourth-order valence-corrected chi connectivity index (χ4v) is 4.97. The first kappa shape index (κ1) is 37.0. The number of methoxy groups -OCH3 is 1. The number of nitrogens with one attached hydrogen (secondary N) is 2. The Hall–Kier alpha value is -4.50. The van der Waals surface area contributed by atoms with Crippen LogP contribution in [0.25, 0.3) is 0 Å². The van der Waals surface area contributed by atoms with Crippen molar-refractivity contribution in [3.05, 3.63) is 89.5 Å². The first-order chi connectivity index (χ1) is 22.1. The van der Waals surface area contributed by atoms with Crippen molar-refractivity contribution in [1.82, 2.24) is 0 Å². The summed E-state index contributed by atoms with van der Waals surface area (Å²) in [6, 6.07) is 20.6. The third-order valence-electron chi connectivity index (χ3n) is 8.79. The van der Waals surface area contributed by atoms with Crippen LogP contribution in [-0.2, 0) is 34.7 Å². The largest absolute Gasteiger partial charge is 0.480 e. The quantitative estimate of drug-likeness (QED) is 0.0757. The van der Waals surface area contributed by atoms with Gasteiger partial charge in [0, 0.05) is 36.5 Å². The maximum absolute atomic E-state index is 13.5. The lowest BCUT2D eigenvalue weighted by molar-refractivity contribution is -0.198. The maximum atomic E-state index is 13.5. The second kappa shape index (κ2) is 15.4. The first-order valence-electron chi connectivity index (χ1n) is 16.0. The summed E-state index contributed by atoms with van der Waals surface area (Å²) < 4.78 is 16.9. The van der Waals surface area contributed by atoms with Gasteiger partial charge in [-0.05, 0) is 59.9 Å². The molecule has 0 spiro atoms. The van der Waals surface area contributed by atoms with E-state index in [-0.39, 0.29) is 28.0 Å². The predicted molar refractivity (Wildman–Crippen MR) is 184 cm³/mol. The van der Waals surface area contributed by atoms with E-state index in [1.165, 1.54) is 23.8 Å². The topological polar surface area (TPSA) is 120 Å². The number of esters is 1. The van der Waals surface area contributed by atoms with E-state index in [1.54, 1.807) is 36.4 Å². The van der Waals surface area contributed by atoms with Crippen molar-refractivity contribution in [3.63, 3.8) is 0 Å². The summed E-state index contributed by atoms with van der Waals surface area (Å²) in [5, 5.41) is 5.47. The van der Waals surface area contributed by atoms with Crippen LogP contribution in [0.3, 0.4) is 0 Å². The SMILES string of the molecule is CCC(Oc1ccc(C(C)(C)CC)cc1C(C)(C)CC)C(=O)Nc1cccc(NC(=O)C(OC)(OC(C)=O)C(=O)c2ccccc2)c1. The summed E-state index contributed by atoms with van der Waals surface area (Å²) in [7, 11) is 1.11. The Bertz CT molecular complexity index is 1580. The lowest BCUT2D eigenvalue weighted by Crippen LogP contribution is -2.54. The summed E-state index contributed by atoms with van der Waals surface area (Å²) in [5.41, 5.74) is 2.82. The predicted octanol–water partition coefficient (Wildman–Crippen LogP) is 7.59. The third-order valence-corrected chi connectivity index (χ3v) is 8.79. The molecule has 0 aliphatic rings. The minimum Gasteiger partial charge on any atom is -0.480 e. The minimum absolute atomic E-state index is 0.00495. The molecule has 9 nitrogen and oxygen atoms in total. The zero-order valence-electron chi connectivity index (χ0n) is 29.0. The van der Waals surface area contributed by atoms with Crippen LogP contribution in [0.15, 0.2) is 72.8 Å². The van der Waals surface area contributed by atoms with Gasteiger partial charge in [0.05, 0.1) is 0 Å². The maximum Gasteiger partial charge on any atom is 0.359 e. The van der Waals surface area contributed by atoms with Gasteiger partial charge in [0.15, 0.2) is 6.10 Å². The van der Waals surface area contributed by atoms with Crippen molar-refractivity contribution in [2.75, 3.05) is 17.7 Å². The molecule has 0 heterocycles.